The van der Waals surface area contributed by atoms with Crippen LogP contribution in [0.5, 0.6) is 11.5 Å². The van der Waals surface area contributed by atoms with E-state index in [1.54, 1.807) is 30.3 Å². The van der Waals surface area contributed by atoms with Gasteiger partial charge in [0.15, 0.2) is 0 Å². The average Bonchev–Trinajstić information content (AvgIpc) is 2.97. The molecular formula is C14H17N3O3. The highest BCUT2D eigenvalue weighted by molar-refractivity contribution is 5.75. The molecule has 0 bridgehead atoms. The van der Waals surface area contributed by atoms with Gasteiger partial charge in [0.25, 0.3) is 0 Å². The number of carbonyl (C=O) groups is 1. The number of methoxy groups -OCH3 is 1. The van der Waals surface area contributed by atoms with Gasteiger partial charge in [-0.3, -0.25) is 9.48 Å². The molecule has 2 rings (SSSR count). The number of nitrogens with one attached hydrogen (secondary N) is 1. The van der Waals surface area contributed by atoms with Gasteiger partial charge in [0.1, 0.15) is 24.7 Å². The van der Waals surface area contributed by atoms with Gasteiger partial charge in [0, 0.05) is 12.4 Å². The second kappa shape index (κ2) is 7.18. The Morgan fingerprint density at radius 1 is 1.30 bits per heavy atom. The standard InChI is InChI=1S/C14H17N3O3/c1-19-12-3-5-13(6-4-12)20-10-8-15-14(18)11-17-9-2-7-16-17/h2-7,9H,8,10-11H2,1H3,(H,15,18). The van der Waals surface area contributed by atoms with E-state index < -0.39 is 0 Å². The molecule has 1 heterocycles. The molecule has 1 aromatic carbocycles. The zero-order valence-electron chi connectivity index (χ0n) is 11.3. The summed E-state index contributed by atoms with van der Waals surface area (Å²) in [5, 5.41) is 6.73. The zero-order chi connectivity index (χ0) is 14.2. The smallest absolute Gasteiger partial charge is 0.241 e. The fraction of sp³-hybridized carbons (Fsp3) is 0.286. The molecular weight excluding hydrogens is 258 g/mol. The van der Waals surface area contributed by atoms with Gasteiger partial charge < -0.3 is 14.8 Å². The molecule has 0 atom stereocenters. The van der Waals surface area contributed by atoms with Crippen molar-refractivity contribution in [3.05, 3.63) is 42.7 Å². The van der Waals surface area contributed by atoms with Gasteiger partial charge in [-0.1, -0.05) is 0 Å². The molecule has 6 heteroatoms. The van der Waals surface area contributed by atoms with Crippen LogP contribution in [-0.2, 0) is 11.3 Å². The van der Waals surface area contributed by atoms with E-state index in [2.05, 4.69) is 10.4 Å². The Hall–Kier alpha value is -2.50. The fourth-order valence-corrected chi connectivity index (χ4v) is 1.63. The lowest BCUT2D eigenvalue weighted by Crippen LogP contribution is -2.31. The highest BCUT2D eigenvalue weighted by atomic mass is 16.5. The van der Waals surface area contributed by atoms with Crippen molar-refractivity contribution in [1.82, 2.24) is 15.1 Å². The number of carbonyl (C=O) groups excluding carboxylic acids is 1. The van der Waals surface area contributed by atoms with Crippen LogP contribution in [0.1, 0.15) is 0 Å². The van der Waals surface area contributed by atoms with Gasteiger partial charge in [-0.2, -0.15) is 5.10 Å². The Morgan fingerprint density at radius 3 is 2.70 bits per heavy atom. The number of benzene rings is 1. The Balaban J connectivity index is 1.64. The van der Waals surface area contributed by atoms with Crippen LogP contribution in [0.2, 0.25) is 0 Å². The summed E-state index contributed by atoms with van der Waals surface area (Å²) in [6.45, 7) is 1.08. The predicted octanol–water partition coefficient (Wildman–Crippen LogP) is 1.09. The van der Waals surface area contributed by atoms with Crippen LogP contribution < -0.4 is 14.8 Å². The molecule has 106 valence electrons. The third-order valence-corrected chi connectivity index (χ3v) is 2.62. The minimum absolute atomic E-state index is 0.0907. The molecule has 1 amide bonds. The van der Waals surface area contributed by atoms with Gasteiger partial charge in [-0.25, -0.2) is 0 Å². The van der Waals surface area contributed by atoms with E-state index in [0.29, 0.717) is 13.2 Å². The minimum atomic E-state index is -0.0907. The summed E-state index contributed by atoms with van der Waals surface area (Å²) in [6.07, 6.45) is 3.38. The van der Waals surface area contributed by atoms with Gasteiger partial charge in [0.05, 0.1) is 13.7 Å². The summed E-state index contributed by atoms with van der Waals surface area (Å²) in [7, 11) is 1.62. The zero-order valence-corrected chi connectivity index (χ0v) is 11.3. The summed E-state index contributed by atoms with van der Waals surface area (Å²) >= 11 is 0. The molecule has 0 unspecified atom stereocenters. The Kier molecular flexibility index (Phi) is 5.00. The average molecular weight is 275 g/mol. The van der Waals surface area contributed by atoms with Crippen LogP contribution in [-0.4, -0.2) is 35.9 Å². The maximum absolute atomic E-state index is 11.6. The number of hydrogen-bond donors (Lipinski definition) is 1. The first kappa shape index (κ1) is 13.9. The van der Waals surface area contributed by atoms with Gasteiger partial charge in [0.2, 0.25) is 5.91 Å². The van der Waals surface area contributed by atoms with Crippen LogP contribution in [0.25, 0.3) is 0 Å². The van der Waals surface area contributed by atoms with E-state index in [9.17, 15) is 4.79 Å². The number of ether oxygens (including phenoxy) is 2. The molecule has 0 radical (unpaired) electrons. The monoisotopic (exact) mass is 275 g/mol. The molecule has 0 saturated carbocycles. The van der Waals surface area contributed by atoms with Crippen molar-refractivity contribution in [2.24, 2.45) is 0 Å². The number of nitrogens with zero attached hydrogens (tertiary/aromatic N) is 2. The first-order valence-electron chi connectivity index (χ1n) is 6.29. The van der Waals surface area contributed by atoms with Crippen molar-refractivity contribution in [2.45, 2.75) is 6.54 Å². The highest BCUT2D eigenvalue weighted by Crippen LogP contribution is 2.16. The van der Waals surface area contributed by atoms with Gasteiger partial charge in [-0.05, 0) is 30.3 Å². The van der Waals surface area contributed by atoms with Gasteiger partial charge in [-0.15, -0.1) is 0 Å². The summed E-state index contributed by atoms with van der Waals surface area (Å²) in [6, 6.07) is 9.08. The summed E-state index contributed by atoms with van der Waals surface area (Å²) in [5.74, 6) is 1.43. The van der Waals surface area contributed by atoms with E-state index in [4.69, 9.17) is 9.47 Å². The molecule has 6 nitrogen and oxygen atoms in total. The SMILES string of the molecule is COc1ccc(OCCNC(=O)Cn2cccn2)cc1. The van der Waals surface area contributed by atoms with E-state index in [1.807, 2.05) is 24.3 Å². The molecule has 2 aromatic rings. The molecule has 0 saturated heterocycles. The lowest BCUT2D eigenvalue weighted by atomic mass is 10.3. The second-order valence-electron chi connectivity index (χ2n) is 4.08. The van der Waals surface area contributed by atoms with E-state index >= 15 is 0 Å². The Labute approximate surface area is 117 Å². The molecule has 0 spiro atoms. The van der Waals surface area contributed by atoms with E-state index in [0.717, 1.165) is 11.5 Å². The van der Waals surface area contributed by atoms with Crippen LogP contribution in [0.3, 0.4) is 0 Å². The normalized spacial score (nSPS) is 10.1. The lowest BCUT2D eigenvalue weighted by molar-refractivity contribution is -0.121. The number of rotatable bonds is 7. The van der Waals surface area contributed by atoms with Crippen LogP contribution >= 0.6 is 0 Å². The van der Waals surface area contributed by atoms with Crippen LogP contribution in [0.15, 0.2) is 42.7 Å². The third kappa shape index (κ3) is 4.31. The van der Waals surface area contributed by atoms with Crippen molar-refractivity contribution in [3.63, 3.8) is 0 Å². The Morgan fingerprint density at radius 2 is 2.05 bits per heavy atom. The molecule has 1 aromatic heterocycles. The molecule has 1 N–H and O–H groups in total. The summed E-state index contributed by atoms with van der Waals surface area (Å²) in [5.41, 5.74) is 0. The molecule has 0 aliphatic carbocycles. The van der Waals surface area contributed by atoms with Crippen molar-refractivity contribution in [2.75, 3.05) is 20.3 Å². The van der Waals surface area contributed by atoms with Crippen LogP contribution in [0, 0.1) is 0 Å². The fourth-order valence-electron chi connectivity index (χ4n) is 1.63. The number of hydrogen-bond acceptors (Lipinski definition) is 4. The summed E-state index contributed by atoms with van der Waals surface area (Å²) < 4.78 is 12.1. The number of amides is 1. The summed E-state index contributed by atoms with van der Waals surface area (Å²) in [4.78, 5) is 11.6. The van der Waals surface area contributed by atoms with Crippen LogP contribution in [0.4, 0.5) is 0 Å². The quantitative estimate of drug-likeness (QED) is 0.768. The topological polar surface area (TPSA) is 65.4 Å². The molecule has 0 fully saturated rings. The first-order valence-corrected chi connectivity index (χ1v) is 6.29. The largest absolute Gasteiger partial charge is 0.497 e. The molecule has 0 aliphatic rings. The predicted molar refractivity (Wildman–Crippen MR) is 73.7 cm³/mol. The second-order valence-corrected chi connectivity index (χ2v) is 4.08. The third-order valence-electron chi connectivity index (χ3n) is 2.62. The van der Waals surface area contributed by atoms with Crippen molar-refractivity contribution in [3.8, 4) is 11.5 Å². The number of aromatic nitrogens is 2. The van der Waals surface area contributed by atoms with E-state index in [-0.39, 0.29) is 12.5 Å². The minimum Gasteiger partial charge on any atom is -0.497 e. The Bertz CT molecular complexity index is 523. The maximum atomic E-state index is 11.6. The lowest BCUT2D eigenvalue weighted by Gasteiger charge is -2.08. The van der Waals surface area contributed by atoms with Gasteiger partial charge >= 0.3 is 0 Å². The maximum Gasteiger partial charge on any atom is 0.241 e. The van der Waals surface area contributed by atoms with Crippen molar-refractivity contribution in [1.29, 1.82) is 0 Å². The van der Waals surface area contributed by atoms with Crippen molar-refractivity contribution >= 4 is 5.91 Å². The first-order chi connectivity index (χ1) is 9.78. The molecule has 20 heavy (non-hydrogen) atoms. The van der Waals surface area contributed by atoms with E-state index in [1.165, 1.54) is 0 Å². The van der Waals surface area contributed by atoms with Crippen molar-refractivity contribution < 1.29 is 14.3 Å². The molecule has 0 aliphatic heterocycles. The highest BCUT2D eigenvalue weighted by Gasteiger charge is 2.02.